The Morgan fingerprint density at radius 3 is 2.47 bits per heavy atom. The molecule has 0 aliphatic carbocycles. The third-order valence-electron chi connectivity index (χ3n) is 3.25. The van der Waals surface area contributed by atoms with E-state index in [4.69, 9.17) is 0 Å². The van der Waals surface area contributed by atoms with Crippen LogP contribution in [0.3, 0.4) is 0 Å². The molecule has 2 nitrogen and oxygen atoms in total. The number of nitrogens with zero attached hydrogens (tertiary/aromatic N) is 1. The topological polar surface area (TPSA) is 15.3 Å². The van der Waals surface area contributed by atoms with E-state index in [0.29, 0.717) is 31.7 Å². The van der Waals surface area contributed by atoms with Crippen LogP contribution in [0.15, 0.2) is 24.3 Å². The Hall–Kier alpha value is -1.14. The van der Waals surface area contributed by atoms with Crippen molar-refractivity contribution in [2.75, 3.05) is 26.2 Å². The molecule has 0 bridgehead atoms. The van der Waals surface area contributed by atoms with Crippen LogP contribution in [0.2, 0.25) is 0 Å². The van der Waals surface area contributed by atoms with Gasteiger partial charge in [0, 0.05) is 32.2 Å². The van der Waals surface area contributed by atoms with Gasteiger partial charge in [0.1, 0.15) is 5.82 Å². The Morgan fingerprint density at radius 1 is 1.21 bits per heavy atom. The highest BCUT2D eigenvalue weighted by molar-refractivity contribution is 5.20. The number of piperazine rings is 1. The van der Waals surface area contributed by atoms with Crippen LogP contribution in [0.25, 0.3) is 0 Å². The summed E-state index contributed by atoms with van der Waals surface area (Å²) in [5.41, 5.74) is 0.388. The van der Waals surface area contributed by atoms with Crippen LogP contribution >= 0.6 is 0 Å². The Kier molecular flexibility index (Phi) is 4.42. The van der Waals surface area contributed by atoms with Crippen LogP contribution in [-0.4, -0.2) is 37.3 Å². The number of benzene rings is 1. The molecule has 106 valence electrons. The van der Waals surface area contributed by atoms with Crippen molar-refractivity contribution in [3.8, 4) is 0 Å². The fraction of sp³-hybridized carbons (Fsp3) is 0.538. The van der Waals surface area contributed by atoms with Crippen molar-refractivity contribution in [2.45, 2.75) is 18.6 Å². The maximum Gasteiger partial charge on any atom is 0.390 e. The molecular weight excluding hydrogens is 260 g/mol. The van der Waals surface area contributed by atoms with E-state index in [2.05, 4.69) is 5.32 Å². The maximum atomic E-state index is 13.2. The first kappa shape index (κ1) is 14.3. The Morgan fingerprint density at radius 2 is 1.89 bits per heavy atom. The van der Waals surface area contributed by atoms with E-state index in [0.717, 1.165) is 0 Å². The Balaban J connectivity index is 2.22. The number of rotatable bonds is 3. The van der Waals surface area contributed by atoms with Gasteiger partial charge in [-0.1, -0.05) is 12.1 Å². The van der Waals surface area contributed by atoms with Gasteiger partial charge >= 0.3 is 6.18 Å². The number of halogens is 4. The molecule has 1 heterocycles. The van der Waals surface area contributed by atoms with Gasteiger partial charge in [0.2, 0.25) is 0 Å². The first-order valence-electron chi connectivity index (χ1n) is 6.23. The monoisotopic (exact) mass is 276 g/mol. The highest BCUT2D eigenvalue weighted by Crippen LogP contribution is 2.34. The molecule has 6 heteroatoms. The highest BCUT2D eigenvalue weighted by Gasteiger charge is 2.35. The molecular formula is C13H16F4N2. The third-order valence-corrected chi connectivity index (χ3v) is 3.25. The number of nitrogens with one attached hydrogen (secondary N) is 1. The predicted octanol–water partition coefficient (Wildman–Crippen LogP) is 2.72. The van der Waals surface area contributed by atoms with Gasteiger partial charge < -0.3 is 5.32 Å². The Labute approximate surface area is 109 Å². The first-order valence-corrected chi connectivity index (χ1v) is 6.23. The molecule has 0 radical (unpaired) electrons. The van der Waals surface area contributed by atoms with Gasteiger partial charge in [-0.3, -0.25) is 4.90 Å². The molecule has 0 spiro atoms. The van der Waals surface area contributed by atoms with Gasteiger partial charge in [-0.05, 0) is 17.7 Å². The lowest BCUT2D eigenvalue weighted by molar-refractivity contribution is -0.148. The van der Waals surface area contributed by atoms with Crippen LogP contribution in [0.4, 0.5) is 17.6 Å². The predicted molar refractivity (Wildman–Crippen MR) is 64.3 cm³/mol. The second-order valence-electron chi connectivity index (χ2n) is 4.68. The number of hydrogen-bond donors (Lipinski definition) is 1. The molecule has 0 saturated carbocycles. The lowest BCUT2D eigenvalue weighted by Crippen LogP contribution is -2.46. The molecule has 0 unspecified atom stereocenters. The van der Waals surface area contributed by atoms with E-state index in [1.54, 1.807) is 11.0 Å². The van der Waals surface area contributed by atoms with E-state index in [-0.39, 0.29) is 0 Å². The van der Waals surface area contributed by atoms with Crippen molar-refractivity contribution in [3.05, 3.63) is 35.6 Å². The van der Waals surface area contributed by atoms with Gasteiger partial charge in [-0.2, -0.15) is 13.2 Å². The summed E-state index contributed by atoms with van der Waals surface area (Å²) in [4.78, 5) is 1.76. The van der Waals surface area contributed by atoms with E-state index < -0.39 is 24.5 Å². The van der Waals surface area contributed by atoms with Crippen molar-refractivity contribution < 1.29 is 17.6 Å². The zero-order chi connectivity index (χ0) is 13.9. The van der Waals surface area contributed by atoms with Gasteiger partial charge in [0.05, 0.1) is 6.42 Å². The highest BCUT2D eigenvalue weighted by atomic mass is 19.4. The zero-order valence-corrected chi connectivity index (χ0v) is 10.4. The third kappa shape index (κ3) is 4.18. The smallest absolute Gasteiger partial charge is 0.314 e. The molecule has 1 N–H and O–H groups in total. The lowest BCUT2D eigenvalue weighted by atomic mass is 10.0. The van der Waals surface area contributed by atoms with Crippen molar-refractivity contribution in [2.24, 2.45) is 0 Å². The second kappa shape index (κ2) is 5.88. The molecule has 0 aromatic heterocycles. The van der Waals surface area contributed by atoms with Crippen molar-refractivity contribution in [3.63, 3.8) is 0 Å². The summed E-state index contributed by atoms with van der Waals surface area (Å²) < 4.78 is 51.3. The average molecular weight is 276 g/mol. The first-order chi connectivity index (χ1) is 8.96. The Bertz CT molecular complexity index is 413. The molecule has 1 aromatic carbocycles. The molecule has 1 atom stereocenters. The standard InChI is InChI=1S/C13H16F4N2/c14-11-3-1-2-10(8-11)12(9-13(15,16)17)19-6-4-18-5-7-19/h1-3,8,12,18H,4-7,9H2/t12-/m0/s1. The minimum absolute atomic E-state index is 0.388. The van der Waals surface area contributed by atoms with Gasteiger partial charge in [-0.15, -0.1) is 0 Å². The van der Waals surface area contributed by atoms with E-state index in [9.17, 15) is 17.6 Å². The van der Waals surface area contributed by atoms with Gasteiger partial charge in [-0.25, -0.2) is 4.39 Å². The molecule has 2 rings (SSSR count). The minimum atomic E-state index is -4.26. The molecule has 1 aliphatic rings. The zero-order valence-electron chi connectivity index (χ0n) is 10.4. The molecule has 1 fully saturated rings. The molecule has 1 aliphatic heterocycles. The molecule has 19 heavy (non-hydrogen) atoms. The van der Waals surface area contributed by atoms with E-state index in [1.807, 2.05) is 0 Å². The summed E-state index contributed by atoms with van der Waals surface area (Å²) in [5.74, 6) is -0.500. The normalized spacial score (nSPS) is 19.4. The van der Waals surface area contributed by atoms with Crippen LogP contribution in [0.5, 0.6) is 0 Å². The van der Waals surface area contributed by atoms with Crippen molar-refractivity contribution >= 4 is 0 Å². The summed E-state index contributed by atoms with van der Waals surface area (Å²) in [6, 6.07) is 4.64. The maximum absolute atomic E-state index is 13.2. The summed E-state index contributed by atoms with van der Waals surface area (Å²) in [7, 11) is 0. The average Bonchev–Trinajstić information content (AvgIpc) is 2.36. The molecule has 1 saturated heterocycles. The summed E-state index contributed by atoms with van der Waals surface area (Å²) in [5, 5.41) is 3.10. The van der Waals surface area contributed by atoms with Crippen molar-refractivity contribution in [1.82, 2.24) is 10.2 Å². The summed E-state index contributed by atoms with van der Waals surface area (Å²) >= 11 is 0. The lowest BCUT2D eigenvalue weighted by Gasteiger charge is -2.35. The summed E-state index contributed by atoms with van der Waals surface area (Å²) in [6.07, 6.45) is -5.21. The van der Waals surface area contributed by atoms with Crippen LogP contribution in [0, 0.1) is 5.82 Å². The van der Waals surface area contributed by atoms with Crippen LogP contribution < -0.4 is 5.32 Å². The fourth-order valence-electron chi connectivity index (χ4n) is 2.38. The quantitative estimate of drug-likeness (QED) is 0.854. The van der Waals surface area contributed by atoms with Crippen molar-refractivity contribution in [1.29, 1.82) is 0 Å². The largest absolute Gasteiger partial charge is 0.390 e. The fourth-order valence-corrected chi connectivity index (χ4v) is 2.38. The van der Waals surface area contributed by atoms with E-state index in [1.165, 1.54) is 18.2 Å². The van der Waals surface area contributed by atoms with Gasteiger partial charge in [0.25, 0.3) is 0 Å². The number of hydrogen-bond acceptors (Lipinski definition) is 2. The SMILES string of the molecule is Fc1cccc([C@H](CC(F)(F)F)N2CCNCC2)c1. The van der Waals surface area contributed by atoms with E-state index >= 15 is 0 Å². The number of alkyl halides is 3. The molecule has 0 amide bonds. The minimum Gasteiger partial charge on any atom is -0.314 e. The summed E-state index contributed by atoms with van der Waals surface area (Å²) in [6.45, 7) is 2.39. The second-order valence-corrected chi connectivity index (χ2v) is 4.68. The van der Waals surface area contributed by atoms with Gasteiger partial charge in [0.15, 0.2) is 0 Å². The molecule has 1 aromatic rings. The van der Waals surface area contributed by atoms with Crippen LogP contribution in [-0.2, 0) is 0 Å². The van der Waals surface area contributed by atoms with Crippen LogP contribution in [0.1, 0.15) is 18.0 Å².